The van der Waals surface area contributed by atoms with E-state index in [2.05, 4.69) is 15.3 Å². The Morgan fingerprint density at radius 2 is 2.05 bits per heavy atom. The van der Waals surface area contributed by atoms with Crippen LogP contribution in [-0.4, -0.2) is 28.3 Å². The highest BCUT2D eigenvalue weighted by atomic mass is 35.5. The van der Waals surface area contributed by atoms with Crippen LogP contribution in [0.1, 0.15) is 24.2 Å². The van der Waals surface area contributed by atoms with Crippen LogP contribution in [0.15, 0.2) is 30.6 Å². The van der Waals surface area contributed by atoms with Crippen molar-refractivity contribution >= 4 is 28.5 Å². The summed E-state index contributed by atoms with van der Waals surface area (Å²) in [5, 5.41) is 2.89. The van der Waals surface area contributed by atoms with Crippen molar-refractivity contribution in [1.29, 1.82) is 0 Å². The molecule has 1 heterocycles. The van der Waals surface area contributed by atoms with Gasteiger partial charge in [-0.05, 0) is 17.5 Å². The molecular weight excluding hydrogens is 262 g/mol. The molecule has 19 heavy (non-hydrogen) atoms. The van der Waals surface area contributed by atoms with Crippen LogP contribution < -0.4 is 5.32 Å². The SMILES string of the molecule is CC(C)(CCl)CNC(=O)c1cccc2nccnc12. The lowest BCUT2D eigenvalue weighted by molar-refractivity contribution is 0.0941. The zero-order valence-electron chi connectivity index (χ0n) is 11.0. The zero-order valence-corrected chi connectivity index (χ0v) is 11.7. The van der Waals surface area contributed by atoms with Crippen LogP contribution in [0.3, 0.4) is 0 Å². The maximum absolute atomic E-state index is 12.2. The van der Waals surface area contributed by atoms with E-state index in [1.807, 2.05) is 19.9 Å². The molecule has 0 aliphatic heterocycles. The van der Waals surface area contributed by atoms with Gasteiger partial charge in [-0.3, -0.25) is 14.8 Å². The second-order valence-electron chi connectivity index (χ2n) is 5.21. The largest absolute Gasteiger partial charge is 0.351 e. The fourth-order valence-electron chi connectivity index (χ4n) is 1.64. The molecule has 0 fully saturated rings. The predicted octanol–water partition coefficient (Wildman–Crippen LogP) is 2.62. The van der Waals surface area contributed by atoms with Crippen LogP contribution in [0, 0.1) is 5.41 Å². The van der Waals surface area contributed by atoms with Gasteiger partial charge in [-0.25, -0.2) is 0 Å². The molecule has 2 rings (SSSR count). The number of carbonyl (C=O) groups excluding carboxylic acids is 1. The number of benzene rings is 1. The molecule has 100 valence electrons. The molecule has 0 saturated heterocycles. The van der Waals surface area contributed by atoms with E-state index in [9.17, 15) is 4.79 Å². The lowest BCUT2D eigenvalue weighted by Crippen LogP contribution is -2.35. The summed E-state index contributed by atoms with van der Waals surface area (Å²) < 4.78 is 0. The molecule has 4 nitrogen and oxygen atoms in total. The van der Waals surface area contributed by atoms with Crippen molar-refractivity contribution in [3.8, 4) is 0 Å². The van der Waals surface area contributed by atoms with Gasteiger partial charge in [0.05, 0.1) is 11.1 Å². The van der Waals surface area contributed by atoms with E-state index in [1.165, 1.54) is 0 Å². The number of hydrogen-bond acceptors (Lipinski definition) is 3. The fraction of sp³-hybridized carbons (Fsp3) is 0.357. The van der Waals surface area contributed by atoms with Crippen LogP contribution in [0.4, 0.5) is 0 Å². The van der Waals surface area contributed by atoms with E-state index < -0.39 is 0 Å². The van der Waals surface area contributed by atoms with Gasteiger partial charge in [-0.15, -0.1) is 11.6 Å². The number of halogens is 1. The summed E-state index contributed by atoms with van der Waals surface area (Å²) in [6.07, 6.45) is 3.20. The molecule has 1 aromatic heterocycles. The van der Waals surface area contributed by atoms with Crippen molar-refractivity contribution in [3.63, 3.8) is 0 Å². The van der Waals surface area contributed by atoms with E-state index in [0.29, 0.717) is 29.0 Å². The number of alkyl halides is 1. The Morgan fingerprint density at radius 1 is 1.32 bits per heavy atom. The van der Waals surface area contributed by atoms with E-state index >= 15 is 0 Å². The first-order valence-electron chi connectivity index (χ1n) is 6.07. The minimum Gasteiger partial charge on any atom is -0.351 e. The van der Waals surface area contributed by atoms with Crippen molar-refractivity contribution in [2.45, 2.75) is 13.8 Å². The van der Waals surface area contributed by atoms with Gasteiger partial charge in [0, 0.05) is 24.8 Å². The van der Waals surface area contributed by atoms with Gasteiger partial charge in [-0.2, -0.15) is 0 Å². The van der Waals surface area contributed by atoms with Gasteiger partial charge in [0.1, 0.15) is 5.52 Å². The van der Waals surface area contributed by atoms with Gasteiger partial charge < -0.3 is 5.32 Å². The van der Waals surface area contributed by atoms with Gasteiger partial charge >= 0.3 is 0 Å². The average Bonchev–Trinajstić information content (AvgIpc) is 2.44. The smallest absolute Gasteiger partial charge is 0.253 e. The van der Waals surface area contributed by atoms with Crippen LogP contribution in [-0.2, 0) is 0 Å². The number of rotatable bonds is 4. The number of nitrogens with one attached hydrogen (secondary N) is 1. The van der Waals surface area contributed by atoms with Crippen molar-refractivity contribution in [3.05, 3.63) is 36.2 Å². The molecule has 0 spiro atoms. The number of amides is 1. The third kappa shape index (κ3) is 3.20. The van der Waals surface area contributed by atoms with E-state index in [-0.39, 0.29) is 11.3 Å². The van der Waals surface area contributed by atoms with Crippen molar-refractivity contribution in [2.24, 2.45) is 5.41 Å². The minimum absolute atomic E-state index is 0.131. The summed E-state index contributed by atoms with van der Waals surface area (Å²) >= 11 is 5.84. The van der Waals surface area contributed by atoms with E-state index in [1.54, 1.807) is 24.5 Å². The van der Waals surface area contributed by atoms with Gasteiger partial charge in [0.25, 0.3) is 5.91 Å². The highest BCUT2D eigenvalue weighted by molar-refractivity contribution is 6.18. The van der Waals surface area contributed by atoms with Crippen molar-refractivity contribution in [1.82, 2.24) is 15.3 Å². The summed E-state index contributed by atoms with van der Waals surface area (Å²) in [5.41, 5.74) is 1.74. The molecular formula is C14H16ClN3O. The Morgan fingerprint density at radius 3 is 2.79 bits per heavy atom. The molecule has 1 N–H and O–H groups in total. The highest BCUT2D eigenvalue weighted by Gasteiger charge is 2.19. The zero-order chi connectivity index (χ0) is 13.9. The highest BCUT2D eigenvalue weighted by Crippen LogP contribution is 2.17. The number of carbonyl (C=O) groups is 1. The summed E-state index contributed by atoms with van der Waals surface area (Å²) in [6, 6.07) is 5.39. The van der Waals surface area contributed by atoms with Crippen molar-refractivity contribution < 1.29 is 4.79 Å². The topological polar surface area (TPSA) is 54.9 Å². The van der Waals surface area contributed by atoms with Gasteiger partial charge in [0.15, 0.2) is 0 Å². The quantitative estimate of drug-likeness (QED) is 0.874. The molecule has 0 atom stereocenters. The Balaban J connectivity index is 2.23. The molecule has 0 radical (unpaired) electrons. The van der Waals surface area contributed by atoms with Gasteiger partial charge in [-0.1, -0.05) is 19.9 Å². The number of nitrogens with zero attached hydrogens (tertiary/aromatic N) is 2. The minimum atomic E-state index is -0.149. The monoisotopic (exact) mass is 277 g/mol. The molecule has 2 aromatic rings. The normalized spacial score (nSPS) is 11.5. The fourth-order valence-corrected chi connectivity index (χ4v) is 1.73. The molecule has 0 saturated carbocycles. The number of para-hydroxylation sites is 1. The van der Waals surface area contributed by atoms with Crippen molar-refractivity contribution in [2.75, 3.05) is 12.4 Å². The standard InChI is InChI=1S/C14H16ClN3O/c1-14(2,8-15)9-18-13(19)10-4-3-5-11-12(10)17-7-6-16-11/h3-7H,8-9H2,1-2H3,(H,18,19). The lowest BCUT2D eigenvalue weighted by atomic mass is 9.96. The number of hydrogen-bond donors (Lipinski definition) is 1. The molecule has 5 heteroatoms. The number of aromatic nitrogens is 2. The first-order chi connectivity index (χ1) is 9.03. The molecule has 0 aliphatic rings. The third-order valence-electron chi connectivity index (χ3n) is 2.83. The first-order valence-corrected chi connectivity index (χ1v) is 6.61. The first kappa shape index (κ1) is 13.7. The van der Waals surface area contributed by atoms with Crippen LogP contribution in [0.2, 0.25) is 0 Å². The molecule has 0 aliphatic carbocycles. The second-order valence-corrected chi connectivity index (χ2v) is 5.48. The Kier molecular flexibility index (Phi) is 4.00. The predicted molar refractivity (Wildman–Crippen MR) is 76.4 cm³/mol. The maximum Gasteiger partial charge on any atom is 0.253 e. The average molecular weight is 278 g/mol. The molecule has 0 unspecified atom stereocenters. The molecule has 0 bridgehead atoms. The number of fused-ring (bicyclic) bond motifs is 1. The summed E-state index contributed by atoms with van der Waals surface area (Å²) in [4.78, 5) is 20.6. The van der Waals surface area contributed by atoms with Crippen LogP contribution >= 0.6 is 11.6 Å². The summed E-state index contributed by atoms with van der Waals surface area (Å²) in [7, 11) is 0. The van der Waals surface area contributed by atoms with E-state index in [0.717, 1.165) is 0 Å². The van der Waals surface area contributed by atoms with Crippen LogP contribution in [0.25, 0.3) is 11.0 Å². The Hall–Kier alpha value is -1.68. The van der Waals surface area contributed by atoms with Crippen LogP contribution in [0.5, 0.6) is 0 Å². The van der Waals surface area contributed by atoms with Gasteiger partial charge in [0.2, 0.25) is 0 Å². The third-order valence-corrected chi connectivity index (χ3v) is 3.56. The lowest BCUT2D eigenvalue weighted by Gasteiger charge is -2.21. The maximum atomic E-state index is 12.2. The second kappa shape index (κ2) is 5.53. The van der Waals surface area contributed by atoms with E-state index in [4.69, 9.17) is 11.6 Å². The Bertz CT molecular complexity index is 593. The summed E-state index contributed by atoms with van der Waals surface area (Å²) in [5.74, 6) is 0.340. The summed E-state index contributed by atoms with van der Waals surface area (Å²) in [6.45, 7) is 4.53. The molecule has 1 amide bonds. The molecule has 1 aromatic carbocycles. The Labute approximate surface area is 117 Å².